The van der Waals surface area contributed by atoms with Crippen LogP contribution in [0.4, 0.5) is 39.9 Å². The number of benzene rings is 2. The summed E-state index contributed by atoms with van der Waals surface area (Å²) in [5.74, 6) is -3.73. The fourth-order valence-electron chi connectivity index (χ4n) is 6.97. The molecule has 6 nitrogen and oxygen atoms in total. The van der Waals surface area contributed by atoms with E-state index in [4.69, 9.17) is 18.9 Å². The first-order valence-electron chi connectivity index (χ1n) is 15.8. The standard InChI is InChI=1S/C36H37F8NO5/c1-21-30(23-13-26(35(39,40)41)16-27(14-23)36(42,43)44)50-31(46)45(21)19-25-17-32(2,3)12-11-28(25)33(38)18-24(22-9-7-6-8-10-22)15-29(37)34(33,48-5)49-20-47-4/h6-10,13-16,18,21,30H,11-12,17,19-20H2,1-5H3/t21-,30-,33?,34?/m0/s1. The molecule has 1 aliphatic heterocycles. The largest absolute Gasteiger partial charge is 0.439 e. The van der Waals surface area contributed by atoms with E-state index in [1.807, 2.05) is 13.8 Å². The molecular weight excluding hydrogens is 678 g/mol. The monoisotopic (exact) mass is 715 g/mol. The van der Waals surface area contributed by atoms with Gasteiger partial charge in [0.25, 0.3) is 5.79 Å². The third-order valence-electron chi connectivity index (χ3n) is 9.51. The number of halogens is 8. The first-order valence-corrected chi connectivity index (χ1v) is 15.8. The van der Waals surface area contributed by atoms with Crippen LogP contribution in [0.1, 0.15) is 68.4 Å². The predicted molar refractivity (Wildman–Crippen MR) is 167 cm³/mol. The van der Waals surface area contributed by atoms with Crippen molar-refractivity contribution >= 4 is 11.7 Å². The first kappa shape index (κ1) is 37.5. The number of hydrogen-bond acceptors (Lipinski definition) is 5. The number of nitrogens with zero attached hydrogens (tertiary/aromatic N) is 1. The molecule has 1 heterocycles. The number of alkyl halides is 7. The Labute approximate surface area is 284 Å². The van der Waals surface area contributed by atoms with Gasteiger partial charge in [-0.1, -0.05) is 44.2 Å². The Hall–Kier alpha value is -3.75. The summed E-state index contributed by atoms with van der Waals surface area (Å²) >= 11 is 0. The van der Waals surface area contributed by atoms with Gasteiger partial charge in [-0.05, 0) is 89.8 Å². The average molecular weight is 716 g/mol. The van der Waals surface area contributed by atoms with Gasteiger partial charge in [0, 0.05) is 20.8 Å². The molecule has 2 aliphatic carbocycles. The number of ether oxygens (including phenoxy) is 4. The van der Waals surface area contributed by atoms with Crippen molar-refractivity contribution in [2.75, 3.05) is 27.6 Å². The number of allylic oxidation sites excluding steroid dienone is 2. The van der Waals surface area contributed by atoms with Crippen molar-refractivity contribution in [3.63, 3.8) is 0 Å². The second-order valence-corrected chi connectivity index (χ2v) is 13.5. The van der Waals surface area contributed by atoms with E-state index in [-0.39, 0.29) is 36.6 Å². The Balaban J connectivity index is 1.62. The summed E-state index contributed by atoms with van der Waals surface area (Å²) in [6.45, 7) is 4.37. The van der Waals surface area contributed by atoms with Gasteiger partial charge in [0.1, 0.15) is 12.9 Å². The summed E-state index contributed by atoms with van der Waals surface area (Å²) in [7, 11) is 2.35. The van der Waals surface area contributed by atoms with Crippen LogP contribution in [0.15, 0.2) is 77.7 Å². The number of carbonyl (C=O) groups excluding carboxylic acids is 1. The molecule has 4 atom stereocenters. The number of carbonyl (C=O) groups is 1. The summed E-state index contributed by atoms with van der Waals surface area (Å²) in [6.07, 6.45) is -9.76. The van der Waals surface area contributed by atoms with Crippen molar-refractivity contribution in [3.8, 4) is 0 Å². The van der Waals surface area contributed by atoms with Crippen LogP contribution in [-0.4, -0.2) is 56.0 Å². The van der Waals surface area contributed by atoms with Crippen LogP contribution in [-0.2, 0) is 31.3 Å². The SMILES string of the molecule is COCOC1(OC)C(F)=CC(c2ccccc2)=CC1(F)C1=C(CN2C(=O)O[C@H](c3cc(C(F)(F)F)cc(C(F)(F)F)c3)[C@@H]2C)CC(C)(C)CC1. The molecule has 0 N–H and O–H groups in total. The third kappa shape index (κ3) is 6.93. The highest BCUT2D eigenvalue weighted by Gasteiger charge is 2.62. The molecule has 0 saturated carbocycles. The van der Waals surface area contributed by atoms with E-state index in [1.165, 1.54) is 20.1 Å². The minimum atomic E-state index is -5.11. The second-order valence-electron chi connectivity index (χ2n) is 13.5. The van der Waals surface area contributed by atoms with Gasteiger partial charge in [-0.2, -0.15) is 26.3 Å². The van der Waals surface area contributed by atoms with Crippen LogP contribution < -0.4 is 0 Å². The number of cyclic esters (lactones) is 1. The Kier molecular flexibility index (Phi) is 10.1. The van der Waals surface area contributed by atoms with Gasteiger partial charge in [-0.25, -0.2) is 13.6 Å². The zero-order valence-electron chi connectivity index (χ0n) is 28.0. The van der Waals surface area contributed by atoms with Gasteiger partial charge in [0.2, 0.25) is 5.67 Å². The van der Waals surface area contributed by atoms with Crippen molar-refractivity contribution in [1.82, 2.24) is 4.90 Å². The van der Waals surface area contributed by atoms with Crippen molar-refractivity contribution in [2.24, 2.45) is 5.41 Å². The second kappa shape index (κ2) is 13.4. The van der Waals surface area contributed by atoms with Gasteiger partial charge < -0.3 is 18.9 Å². The molecule has 1 fully saturated rings. The molecule has 5 rings (SSSR count). The highest BCUT2D eigenvalue weighted by atomic mass is 19.4. The minimum absolute atomic E-state index is 0.00667. The Bertz CT molecular complexity index is 1670. The minimum Gasteiger partial charge on any atom is -0.439 e. The molecule has 2 unspecified atom stereocenters. The highest BCUT2D eigenvalue weighted by molar-refractivity contribution is 5.79. The number of rotatable bonds is 9. The topological polar surface area (TPSA) is 57.2 Å². The van der Waals surface area contributed by atoms with Crippen LogP contribution in [0, 0.1) is 5.41 Å². The van der Waals surface area contributed by atoms with Crippen molar-refractivity contribution in [3.05, 3.63) is 99.9 Å². The Morgan fingerprint density at radius 2 is 1.60 bits per heavy atom. The molecule has 2 aromatic rings. The fraction of sp³-hybridized carbons (Fsp3) is 0.472. The van der Waals surface area contributed by atoms with E-state index in [0.29, 0.717) is 29.7 Å². The highest BCUT2D eigenvalue weighted by Crippen LogP contribution is 2.55. The molecule has 272 valence electrons. The predicted octanol–water partition coefficient (Wildman–Crippen LogP) is 9.73. The normalized spacial score (nSPS) is 27.3. The fourth-order valence-corrected chi connectivity index (χ4v) is 6.97. The maximum Gasteiger partial charge on any atom is 0.416 e. The van der Waals surface area contributed by atoms with Crippen LogP contribution in [0.3, 0.4) is 0 Å². The van der Waals surface area contributed by atoms with Crippen LogP contribution in [0.25, 0.3) is 5.57 Å². The maximum atomic E-state index is 18.2. The van der Waals surface area contributed by atoms with Gasteiger partial charge >= 0.3 is 18.4 Å². The van der Waals surface area contributed by atoms with Gasteiger partial charge in [-0.15, -0.1) is 0 Å². The average Bonchev–Trinajstić information content (AvgIpc) is 3.32. The lowest BCUT2D eigenvalue weighted by Gasteiger charge is -2.47. The smallest absolute Gasteiger partial charge is 0.416 e. The Morgan fingerprint density at radius 1 is 0.980 bits per heavy atom. The van der Waals surface area contributed by atoms with Crippen LogP contribution >= 0.6 is 0 Å². The molecule has 14 heteroatoms. The summed E-state index contributed by atoms with van der Waals surface area (Å²) in [6, 6.07) is 8.44. The molecule has 1 saturated heterocycles. The maximum absolute atomic E-state index is 18.2. The third-order valence-corrected chi connectivity index (χ3v) is 9.51. The van der Waals surface area contributed by atoms with Gasteiger partial charge in [-0.3, -0.25) is 4.90 Å². The molecule has 0 radical (unpaired) electrons. The van der Waals surface area contributed by atoms with E-state index >= 15 is 8.78 Å². The van der Waals surface area contributed by atoms with Gasteiger partial charge in [0.15, 0.2) is 5.83 Å². The molecule has 50 heavy (non-hydrogen) atoms. The number of amides is 1. The quantitative estimate of drug-likeness (QED) is 0.147. The van der Waals surface area contributed by atoms with E-state index in [2.05, 4.69) is 0 Å². The lowest BCUT2D eigenvalue weighted by Crippen LogP contribution is -2.58. The summed E-state index contributed by atoms with van der Waals surface area (Å²) in [5, 5.41) is 0. The molecule has 3 aliphatic rings. The molecule has 0 spiro atoms. The van der Waals surface area contributed by atoms with Crippen LogP contribution in [0.5, 0.6) is 0 Å². The van der Waals surface area contributed by atoms with E-state index in [1.54, 1.807) is 30.3 Å². The first-order chi connectivity index (χ1) is 23.3. The van der Waals surface area contributed by atoms with Crippen LogP contribution in [0.2, 0.25) is 0 Å². The molecule has 2 aromatic carbocycles. The van der Waals surface area contributed by atoms with E-state index in [0.717, 1.165) is 18.1 Å². The summed E-state index contributed by atoms with van der Waals surface area (Å²) < 4.78 is 138. The molecule has 0 bridgehead atoms. The lowest BCUT2D eigenvalue weighted by atomic mass is 9.67. The zero-order chi connectivity index (χ0) is 36.9. The van der Waals surface area contributed by atoms with Crippen molar-refractivity contribution < 1.29 is 58.9 Å². The summed E-state index contributed by atoms with van der Waals surface area (Å²) in [4.78, 5) is 14.5. The van der Waals surface area contributed by atoms with E-state index < -0.39 is 76.8 Å². The van der Waals surface area contributed by atoms with Crippen molar-refractivity contribution in [1.29, 1.82) is 0 Å². The zero-order valence-corrected chi connectivity index (χ0v) is 28.0. The molecular formula is C36H37F8NO5. The molecule has 1 amide bonds. The van der Waals surface area contributed by atoms with Gasteiger partial charge in [0.05, 0.1) is 17.2 Å². The van der Waals surface area contributed by atoms with E-state index in [9.17, 15) is 31.1 Å². The molecule has 0 aromatic heterocycles. The lowest BCUT2D eigenvalue weighted by molar-refractivity contribution is -0.283. The number of hydrogen-bond donors (Lipinski definition) is 0. The Morgan fingerprint density at radius 3 is 2.16 bits per heavy atom. The number of methoxy groups -OCH3 is 2. The van der Waals surface area contributed by atoms with Crippen molar-refractivity contribution in [2.45, 2.75) is 76.0 Å². The summed E-state index contributed by atoms with van der Waals surface area (Å²) in [5.41, 5.74) is -5.79.